The predicted molar refractivity (Wildman–Crippen MR) is 147 cm³/mol. The number of carbonyl (C=O) groups excluding carboxylic acids is 1. The van der Waals surface area contributed by atoms with Crippen LogP contribution in [0.4, 0.5) is 0 Å². The van der Waals surface area contributed by atoms with Gasteiger partial charge in [0, 0.05) is 27.2 Å². The molecular formula is C30H38N2O3S. The van der Waals surface area contributed by atoms with Crippen molar-refractivity contribution in [1.82, 2.24) is 10.2 Å². The molecule has 2 atom stereocenters. The summed E-state index contributed by atoms with van der Waals surface area (Å²) in [5.41, 5.74) is 0.653. The van der Waals surface area contributed by atoms with Gasteiger partial charge in [0.1, 0.15) is 0 Å². The Morgan fingerprint density at radius 1 is 1.00 bits per heavy atom. The van der Waals surface area contributed by atoms with Gasteiger partial charge in [0.05, 0.1) is 20.8 Å². The molecule has 36 heavy (non-hydrogen) atoms. The van der Waals surface area contributed by atoms with Crippen molar-refractivity contribution >= 4 is 27.3 Å². The van der Waals surface area contributed by atoms with Crippen molar-refractivity contribution in [1.29, 1.82) is 0 Å². The molecule has 2 aromatic carbocycles. The molecule has 5 nitrogen and oxygen atoms in total. The van der Waals surface area contributed by atoms with Crippen LogP contribution in [-0.2, 0) is 6.54 Å². The second-order valence-corrected chi connectivity index (χ2v) is 11.4. The Labute approximate surface area is 218 Å². The first-order chi connectivity index (χ1) is 17.7. The molecule has 5 rings (SSSR count). The van der Waals surface area contributed by atoms with Gasteiger partial charge in [-0.25, -0.2) is 0 Å². The van der Waals surface area contributed by atoms with E-state index in [-0.39, 0.29) is 11.9 Å². The van der Waals surface area contributed by atoms with Gasteiger partial charge in [0.25, 0.3) is 5.91 Å². The van der Waals surface area contributed by atoms with Crippen LogP contribution in [0.1, 0.15) is 66.6 Å². The number of amides is 1. The molecule has 1 saturated carbocycles. The van der Waals surface area contributed by atoms with Crippen LogP contribution in [0.15, 0.2) is 48.5 Å². The number of nitrogens with zero attached hydrogens (tertiary/aromatic N) is 1. The van der Waals surface area contributed by atoms with Gasteiger partial charge < -0.3 is 19.7 Å². The number of hydrogen-bond acceptors (Lipinski definition) is 5. The number of methoxy groups -OCH3 is 2. The van der Waals surface area contributed by atoms with E-state index >= 15 is 0 Å². The minimum absolute atomic E-state index is 0.0721. The standard InChI is InChI=1S/C30H38N2O3S/c1-34-27-15-14-23(19-28(27)35-2)30(33)32(20-24-18-22-11-6-7-13-29(22)36-24)26(25-12-8-16-31-25)17-21-9-4-3-5-10-21/h6-7,11,13-15,18-19,21,25-26,31H,3-5,8-10,12,16-17,20H2,1-2H3. The van der Waals surface area contributed by atoms with Crippen molar-refractivity contribution in [3.05, 3.63) is 59.0 Å². The van der Waals surface area contributed by atoms with Gasteiger partial charge in [-0.05, 0) is 67.4 Å². The highest BCUT2D eigenvalue weighted by molar-refractivity contribution is 7.19. The Balaban J connectivity index is 1.51. The van der Waals surface area contributed by atoms with Gasteiger partial charge in [-0.2, -0.15) is 0 Å². The van der Waals surface area contributed by atoms with E-state index < -0.39 is 0 Å². The zero-order chi connectivity index (χ0) is 24.9. The highest BCUT2D eigenvalue weighted by atomic mass is 32.1. The third kappa shape index (κ3) is 5.55. The van der Waals surface area contributed by atoms with Crippen molar-refractivity contribution in [3.63, 3.8) is 0 Å². The van der Waals surface area contributed by atoms with E-state index in [9.17, 15) is 4.79 Å². The maximum Gasteiger partial charge on any atom is 0.254 e. The fourth-order valence-corrected chi connectivity index (χ4v) is 7.13. The predicted octanol–water partition coefficient (Wildman–Crippen LogP) is 6.65. The zero-order valence-electron chi connectivity index (χ0n) is 21.5. The summed E-state index contributed by atoms with van der Waals surface area (Å²) in [6.07, 6.45) is 9.91. The monoisotopic (exact) mass is 506 g/mol. The summed E-state index contributed by atoms with van der Waals surface area (Å²) in [4.78, 5) is 17.7. The number of hydrogen-bond donors (Lipinski definition) is 1. The normalized spacial score (nSPS) is 19.3. The first kappa shape index (κ1) is 25.1. The topological polar surface area (TPSA) is 50.8 Å². The van der Waals surface area contributed by atoms with Crippen molar-refractivity contribution in [2.75, 3.05) is 20.8 Å². The van der Waals surface area contributed by atoms with Crippen LogP contribution < -0.4 is 14.8 Å². The van der Waals surface area contributed by atoms with Gasteiger partial charge in [-0.15, -0.1) is 11.3 Å². The van der Waals surface area contributed by atoms with E-state index in [1.165, 1.54) is 53.5 Å². The summed E-state index contributed by atoms with van der Waals surface area (Å²) in [6.45, 7) is 1.66. The Morgan fingerprint density at radius 3 is 2.53 bits per heavy atom. The molecule has 0 spiro atoms. The largest absolute Gasteiger partial charge is 0.493 e. The number of ether oxygens (including phenoxy) is 2. The highest BCUT2D eigenvalue weighted by Crippen LogP contribution is 2.35. The molecule has 1 aliphatic carbocycles. The molecule has 1 saturated heterocycles. The van der Waals surface area contributed by atoms with E-state index in [1.54, 1.807) is 25.6 Å². The van der Waals surface area contributed by atoms with Gasteiger partial charge in [-0.1, -0.05) is 50.3 Å². The van der Waals surface area contributed by atoms with Crippen molar-refractivity contribution in [3.8, 4) is 11.5 Å². The SMILES string of the molecule is COc1ccc(C(=O)N(Cc2cc3ccccc3s2)C(CC2CCCCC2)C2CCCN2)cc1OC. The Morgan fingerprint density at radius 2 is 1.81 bits per heavy atom. The first-order valence-corrected chi connectivity index (χ1v) is 14.2. The Kier molecular flexibility index (Phi) is 8.12. The molecule has 2 fully saturated rings. The van der Waals surface area contributed by atoms with Crippen LogP contribution in [-0.4, -0.2) is 43.7 Å². The average Bonchev–Trinajstić information content (AvgIpc) is 3.60. The lowest BCUT2D eigenvalue weighted by Gasteiger charge is -2.38. The number of carbonyl (C=O) groups is 1. The summed E-state index contributed by atoms with van der Waals surface area (Å²) in [5.74, 6) is 1.99. The Hall–Kier alpha value is -2.57. The lowest BCUT2D eigenvalue weighted by molar-refractivity contribution is 0.0573. The van der Waals surface area contributed by atoms with Crippen LogP contribution in [0, 0.1) is 5.92 Å². The smallest absolute Gasteiger partial charge is 0.254 e. The van der Waals surface area contributed by atoms with Crippen LogP contribution in [0.3, 0.4) is 0 Å². The summed E-state index contributed by atoms with van der Waals surface area (Å²) < 4.78 is 12.2. The molecule has 2 heterocycles. The van der Waals surface area contributed by atoms with Crippen LogP contribution >= 0.6 is 11.3 Å². The van der Waals surface area contributed by atoms with Gasteiger partial charge in [0.15, 0.2) is 11.5 Å². The minimum Gasteiger partial charge on any atom is -0.493 e. The second kappa shape index (κ2) is 11.7. The third-order valence-corrected chi connectivity index (χ3v) is 9.06. The molecule has 1 N–H and O–H groups in total. The zero-order valence-corrected chi connectivity index (χ0v) is 22.3. The van der Waals surface area contributed by atoms with E-state index in [4.69, 9.17) is 9.47 Å². The molecule has 1 aliphatic heterocycles. The second-order valence-electron chi connectivity index (χ2n) is 10.3. The van der Waals surface area contributed by atoms with Gasteiger partial charge in [0.2, 0.25) is 0 Å². The third-order valence-electron chi connectivity index (χ3n) is 7.96. The summed E-state index contributed by atoms with van der Waals surface area (Å²) >= 11 is 1.80. The lowest BCUT2D eigenvalue weighted by atomic mass is 9.82. The molecule has 6 heteroatoms. The molecule has 2 aliphatic rings. The number of thiophene rings is 1. The fourth-order valence-electron chi connectivity index (χ4n) is 6.07. The molecule has 3 aromatic rings. The average molecular weight is 507 g/mol. The molecule has 1 aromatic heterocycles. The lowest BCUT2D eigenvalue weighted by Crippen LogP contribution is -2.50. The number of fused-ring (bicyclic) bond motifs is 1. The van der Waals surface area contributed by atoms with Crippen LogP contribution in [0.2, 0.25) is 0 Å². The molecule has 192 valence electrons. The van der Waals surface area contributed by atoms with E-state index in [1.807, 2.05) is 18.2 Å². The van der Waals surface area contributed by atoms with Crippen molar-refractivity contribution in [2.45, 2.75) is 70.0 Å². The molecule has 1 amide bonds. The molecule has 0 radical (unpaired) electrons. The van der Waals surface area contributed by atoms with Crippen molar-refractivity contribution in [2.24, 2.45) is 5.92 Å². The van der Waals surface area contributed by atoms with Crippen molar-refractivity contribution < 1.29 is 14.3 Å². The first-order valence-electron chi connectivity index (χ1n) is 13.4. The molecular weight excluding hydrogens is 468 g/mol. The maximum absolute atomic E-state index is 14.3. The quantitative estimate of drug-likeness (QED) is 0.353. The maximum atomic E-state index is 14.3. The summed E-state index contributed by atoms with van der Waals surface area (Å²) in [7, 11) is 3.24. The number of benzene rings is 2. The number of nitrogens with one attached hydrogen (secondary N) is 1. The van der Waals surface area contributed by atoms with Gasteiger partial charge >= 0.3 is 0 Å². The summed E-state index contributed by atoms with van der Waals surface area (Å²) in [5, 5.41) is 5.00. The van der Waals surface area contributed by atoms with Gasteiger partial charge in [-0.3, -0.25) is 4.79 Å². The minimum atomic E-state index is 0.0721. The number of rotatable bonds is 9. The van der Waals surface area contributed by atoms with Crippen LogP contribution in [0.5, 0.6) is 11.5 Å². The van der Waals surface area contributed by atoms with Crippen LogP contribution in [0.25, 0.3) is 10.1 Å². The van der Waals surface area contributed by atoms with E-state index in [0.717, 1.165) is 19.4 Å². The highest BCUT2D eigenvalue weighted by Gasteiger charge is 2.35. The van der Waals surface area contributed by atoms with E-state index in [0.29, 0.717) is 35.6 Å². The Bertz CT molecular complexity index is 1130. The fraction of sp³-hybridized carbons (Fsp3) is 0.500. The molecule has 0 bridgehead atoms. The van der Waals surface area contributed by atoms with E-state index in [2.05, 4.69) is 40.5 Å². The molecule has 2 unspecified atom stereocenters. The summed E-state index contributed by atoms with van der Waals surface area (Å²) in [6, 6.07) is 16.8.